The van der Waals surface area contributed by atoms with Gasteiger partial charge in [0.15, 0.2) is 0 Å². The third-order valence-electron chi connectivity index (χ3n) is 2.60. The molecule has 2 rings (SSSR count). The maximum Gasteiger partial charge on any atom is 0.146 e. The van der Waals surface area contributed by atoms with Gasteiger partial charge >= 0.3 is 0 Å². The number of aromatic nitrogens is 3. The first-order valence-electron chi connectivity index (χ1n) is 5.84. The van der Waals surface area contributed by atoms with Crippen LogP contribution < -0.4 is 11.1 Å². The van der Waals surface area contributed by atoms with E-state index in [0.717, 1.165) is 13.0 Å². The molecule has 0 unspecified atom stereocenters. The third-order valence-corrected chi connectivity index (χ3v) is 2.84. The number of benzene rings is 1. The van der Waals surface area contributed by atoms with Crippen molar-refractivity contribution in [1.82, 2.24) is 15.0 Å². The molecule has 0 bridgehead atoms. The number of hydrogen-bond donors (Lipinski definition) is 2. The minimum atomic E-state index is -0.356. The van der Waals surface area contributed by atoms with E-state index in [1.165, 1.54) is 6.07 Å². The highest BCUT2D eigenvalue weighted by Gasteiger charge is 2.04. The highest BCUT2D eigenvalue weighted by Crippen LogP contribution is 2.15. The summed E-state index contributed by atoms with van der Waals surface area (Å²) in [5.41, 5.74) is 6.41. The van der Waals surface area contributed by atoms with Gasteiger partial charge in [-0.25, -0.2) is 4.39 Å². The Labute approximate surface area is 115 Å². The maximum absolute atomic E-state index is 13.7. The lowest BCUT2D eigenvalue weighted by Gasteiger charge is -2.08. The summed E-state index contributed by atoms with van der Waals surface area (Å²) in [6.45, 7) is 1.38. The van der Waals surface area contributed by atoms with Gasteiger partial charge in [0.1, 0.15) is 10.8 Å². The van der Waals surface area contributed by atoms with Crippen molar-refractivity contribution in [2.45, 2.75) is 13.0 Å². The van der Waals surface area contributed by atoms with Gasteiger partial charge in [-0.1, -0.05) is 17.4 Å². The van der Waals surface area contributed by atoms with Gasteiger partial charge < -0.3 is 11.1 Å². The van der Waals surface area contributed by atoms with Crippen molar-refractivity contribution in [3.8, 4) is 0 Å². The Morgan fingerprint density at radius 3 is 2.95 bits per heavy atom. The molecule has 5 nitrogen and oxygen atoms in total. The molecule has 1 heterocycles. The van der Waals surface area contributed by atoms with Crippen LogP contribution in [0, 0.1) is 5.82 Å². The van der Waals surface area contributed by atoms with Gasteiger partial charge in [0, 0.05) is 24.8 Å². The number of rotatable bonds is 6. The van der Waals surface area contributed by atoms with E-state index < -0.39 is 0 Å². The van der Waals surface area contributed by atoms with Crippen molar-refractivity contribution >= 4 is 22.9 Å². The van der Waals surface area contributed by atoms with Crippen LogP contribution >= 0.6 is 12.2 Å². The van der Waals surface area contributed by atoms with Crippen LogP contribution in [0.5, 0.6) is 0 Å². The van der Waals surface area contributed by atoms with E-state index in [-0.39, 0.29) is 10.8 Å². The largest absolute Gasteiger partial charge is 0.389 e. The molecule has 0 aliphatic rings. The summed E-state index contributed by atoms with van der Waals surface area (Å²) in [6, 6.07) is 4.67. The number of anilines is 1. The molecule has 1 aromatic heterocycles. The van der Waals surface area contributed by atoms with Crippen molar-refractivity contribution in [2.24, 2.45) is 5.73 Å². The number of nitrogens with zero attached hydrogens (tertiary/aromatic N) is 3. The summed E-state index contributed by atoms with van der Waals surface area (Å²) < 4.78 is 15.4. The van der Waals surface area contributed by atoms with Crippen LogP contribution in [0.2, 0.25) is 0 Å². The molecule has 0 amide bonds. The van der Waals surface area contributed by atoms with Gasteiger partial charge in [-0.15, -0.1) is 5.10 Å². The first-order valence-corrected chi connectivity index (χ1v) is 6.25. The van der Waals surface area contributed by atoms with Crippen LogP contribution in [0.25, 0.3) is 0 Å². The number of nitrogens with two attached hydrogens (primary N) is 1. The number of aryl methyl sites for hydroxylation is 1. The Balaban J connectivity index is 1.84. The average Bonchev–Trinajstić information content (AvgIpc) is 2.89. The molecule has 2 aromatic rings. The SMILES string of the molecule is NC(=S)c1ccc(NCCCn2ccnn2)c(F)c1. The number of hydrogen-bond acceptors (Lipinski definition) is 4. The van der Waals surface area contributed by atoms with Crippen LogP contribution in [0.4, 0.5) is 10.1 Å². The highest BCUT2D eigenvalue weighted by molar-refractivity contribution is 7.80. The van der Waals surface area contributed by atoms with Gasteiger partial charge in [-0.3, -0.25) is 4.68 Å². The van der Waals surface area contributed by atoms with Crippen LogP contribution in [0.15, 0.2) is 30.6 Å². The minimum Gasteiger partial charge on any atom is -0.389 e. The van der Waals surface area contributed by atoms with Crippen molar-refractivity contribution in [3.63, 3.8) is 0 Å². The molecular weight excluding hydrogens is 265 g/mol. The summed E-state index contributed by atoms with van der Waals surface area (Å²) in [5, 5.41) is 10.6. The standard InChI is InChI=1S/C12H14FN5S/c13-10-8-9(12(14)19)2-3-11(10)15-4-1-6-18-7-5-16-17-18/h2-3,5,7-8,15H,1,4,6H2,(H2,14,19). The van der Waals surface area contributed by atoms with Crippen LogP contribution in [-0.2, 0) is 6.54 Å². The Kier molecular flexibility index (Phi) is 4.40. The average molecular weight is 279 g/mol. The molecule has 0 radical (unpaired) electrons. The van der Waals surface area contributed by atoms with Crippen LogP contribution in [0.1, 0.15) is 12.0 Å². The molecule has 0 aliphatic carbocycles. The molecule has 0 aliphatic heterocycles. The topological polar surface area (TPSA) is 68.8 Å². The van der Waals surface area contributed by atoms with Crippen molar-refractivity contribution in [2.75, 3.05) is 11.9 Å². The molecule has 100 valence electrons. The zero-order valence-corrected chi connectivity index (χ0v) is 11.0. The number of thiocarbonyl (C=S) groups is 1. The Morgan fingerprint density at radius 2 is 2.32 bits per heavy atom. The lowest BCUT2D eigenvalue weighted by atomic mass is 10.2. The van der Waals surface area contributed by atoms with Gasteiger partial charge in [0.2, 0.25) is 0 Å². The van der Waals surface area contributed by atoms with E-state index in [4.69, 9.17) is 18.0 Å². The van der Waals surface area contributed by atoms with Crippen molar-refractivity contribution in [1.29, 1.82) is 0 Å². The molecule has 0 fully saturated rings. The first-order chi connectivity index (χ1) is 9.16. The fourth-order valence-corrected chi connectivity index (χ4v) is 1.75. The van der Waals surface area contributed by atoms with E-state index in [2.05, 4.69) is 15.6 Å². The molecule has 0 atom stereocenters. The highest BCUT2D eigenvalue weighted by atomic mass is 32.1. The summed E-state index contributed by atoms with van der Waals surface area (Å²) >= 11 is 4.79. The molecular formula is C12H14FN5S. The molecule has 0 spiro atoms. The lowest BCUT2D eigenvalue weighted by Crippen LogP contribution is -2.11. The monoisotopic (exact) mass is 279 g/mol. The smallest absolute Gasteiger partial charge is 0.146 e. The second kappa shape index (κ2) is 6.24. The van der Waals surface area contributed by atoms with E-state index in [9.17, 15) is 4.39 Å². The Morgan fingerprint density at radius 1 is 1.47 bits per heavy atom. The second-order valence-electron chi connectivity index (χ2n) is 4.01. The first kappa shape index (κ1) is 13.4. The normalized spacial score (nSPS) is 10.4. The summed E-state index contributed by atoms with van der Waals surface area (Å²) in [6.07, 6.45) is 4.24. The maximum atomic E-state index is 13.7. The number of halogens is 1. The minimum absolute atomic E-state index is 0.191. The number of nitrogens with one attached hydrogen (secondary N) is 1. The van der Waals surface area contributed by atoms with Crippen LogP contribution in [0.3, 0.4) is 0 Å². The lowest BCUT2D eigenvalue weighted by molar-refractivity contribution is 0.568. The fraction of sp³-hybridized carbons (Fsp3) is 0.250. The van der Waals surface area contributed by atoms with E-state index in [1.54, 1.807) is 29.2 Å². The van der Waals surface area contributed by atoms with Gasteiger partial charge in [-0.2, -0.15) is 0 Å². The van der Waals surface area contributed by atoms with Crippen molar-refractivity contribution in [3.05, 3.63) is 42.0 Å². The van der Waals surface area contributed by atoms with Gasteiger partial charge in [0.25, 0.3) is 0 Å². The predicted octanol–water partition coefficient (Wildman–Crippen LogP) is 1.55. The van der Waals surface area contributed by atoms with Gasteiger partial charge in [-0.05, 0) is 24.6 Å². The molecule has 0 saturated carbocycles. The summed E-state index contributed by atoms with van der Waals surface area (Å²) in [4.78, 5) is 0.191. The van der Waals surface area contributed by atoms with E-state index in [1.807, 2.05) is 0 Å². The molecule has 3 N–H and O–H groups in total. The van der Waals surface area contributed by atoms with E-state index >= 15 is 0 Å². The molecule has 19 heavy (non-hydrogen) atoms. The molecule has 1 aromatic carbocycles. The third kappa shape index (κ3) is 3.72. The zero-order chi connectivity index (χ0) is 13.7. The quantitative estimate of drug-likeness (QED) is 0.620. The van der Waals surface area contributed by atoms with E-state index in [0.29, 0.717) is 17.8 Å². The summed E-state index contributed by atoms with van der Waals surface area (Å²) in [5.74, 6) is -0.356. The van der Waals surface area contributed by atoms with Gasteiger partial charge in [0.05, 0.1) is 11.9 Å². The second-order valence-corrected chi connectivity index (χ2v) is 4.45. The Bertz CT molecular complexity index is 555. The van der Waals surface area contributed by atoms with Crippen LogP contribution in [-0.4, -0.2) is 26.5 Å². The summed E-state index contributed by atoms with van der Waals surface area (Å²) in [7, 11) is 0. The van der Waals surface area contributed by atoms with Crippen molar-refractivity contribution < 1.29 is 4.39 Å². The fourth-order valence-electron chi connectivity index (χ4n) is 1.63. The predicted molar refractivity (Wildman–Crippen MR) is 75.4 cm³/mol. The Hall–Kier alpha value is -2.02. The molecule has 7 heteroatoms. The zero-order valence-electron chi connectivity index (χ0n) is 10.2. The molecule has 0 saturated heterocycles.